The second-order valence-corrected chi connectivity index (χ2v) is 6.46. The number of anilines is 1. The fraction of sp³-hybridized carbons (Fsp3) is 0.562. The SMILES string of the molecule is CC(C)(C)OC=O.Cc1c[nH]c2ncnc(N3CCNCC3)c12. The Morgan fingerprint density at radius 2 is 1.96 bits per heavy atom. The first-order chi connectivity index (χ1) is 10.9. The Balaban J connectivity index is 0.000000236. The summed E-state index contributed by atoms with van der Waals surface area (Å²) < 4.78 is 4.55. The van der Waals surface area contributed by atoms with Crippen LogP contribution in [0.25, 0.3) is 11.0 Å². The van der Waals surface area contributed by atoms with Gasteiger partial charge in [0.25, 0.3) is 6.47 Å². The number of carbonyl (C=O) groups excluding carboxylic acids is 1. The van der Waals surface area contributed by atoms with Gasteiger partial charge in [-0.25, -0.2) is 9.97 Å². The Kier molecular flexibility index (Phi) is 5.54. The van der Waals surface area contributed by atoms with Crippen LogP contribution >= 0.6 is 0 Å². The quantitative estimate of drug-likeness (QED) is 0.819. The topological polar surface area (TPSA) is 83.1 Å². The third-order valence-electron chi connectivity index (χ3n) is 3.47. The summed E-state index contributed by atoms with van der Waals surface area (Å²) in [6, 6.07) is 0. The molecular formula is C16H25N5O2. The number of piperazine rings is 1. The number of ether oxygens (including phenoxy) is 1. The van der Waals surface area contributed by atoms with Crippen LogP contribution in [0.1, 0.15) is 26.3 Å². The summed E-state index contributed by atoms with van der Waals surface area (Å²) in [6.07, 6.45) is 3.63. The molecule has 3 rings (SSSR count). The van der Waals surface area contributed by atoms with Gasteiger partial charge in [0.2, 0.25) is 0 Å². The lowest BCUT2D eigenvalue weighted by Gasteiger charge is -2.28. The van der Waals surface area contributed by atoms with Crippen LogP contribution < -0.4 is 10.2 Å². The van der Waals surface area contributed by atoms with Gasteiger partial charge in [0, 0.05) is 32.4 Å². The Morgan fingerprint density at radius 3 is 2.52 bits per heavy atom. The first-order valence-electron chi connectivity index (χ1n) is 7.78. The third kappa shape index (κ3) is 4.66. The van der Waals surface area contributed by atoms with Crippen molar-refractivity contribution in [3.05, 3.63) is 18.1 Å². The van der Waals surface area contributed by atoms with Crippen molar-refractivity contribution in [2.45, 2.75) is 33.3 Å². The van der Waals surface area contributed by atoms with Crippen LogP contribution in [0.3, 0.4) is 0 Å². The van der Waals surface area contributed by atoms with Gasteiger partial charge in [0.15, 0.2) is 0 Å². The van der Waals surface area contributed by atoms with Crippen LogP contribution in [-0.2, 0) is 9.53 Å². The van der Waals surface area contributed by atoms with Crippen molar-refractivity contribution in [1.29, 1.82) is 0 Å². The largest absolute Gasteiger partial charge is 0.462 e. The number of nitrogens with zero attached hydrogens (tertiary/aromatic N) is 3. The minimum atomic E-state index is -0.318. The molecule has 126 valence electrons. The molecule has 0 spiro atoms. The molecule has 0 atom stereocenters. The van der Waals surface area contributed by atoms with E-state index in [1.54, 1.807) is 6.33 Å². The van der Waals surface area contributed by atoms with Crippen LogP contribution in [0.2, 0.25) is 0 Å². The first-order valence-corrected chi connectivity index (χ1v) is 7.78. The van der Waals surface area contributed by atoms with E-state index in [1.165, 1.54) is 5.56 Å². The maximum atomic E-state index is 9.60. The molecule has 0 amide bonds. The van der Waals surface area contributed by atoms with Gasteiger partial charge >= 0.3 is 0 Å². The second-order valence-electron chi connectivity index (χ2n) is 6.46. The molecule has 23 heavy (non-hydrogen) atoms. The van der Waals surface area contributed by atoms with Crippen molar-refractivity contribution < 1.29 is 9.53 Å². The molecule has 0 unspecified atom stereocenters. The van der Waals surface area contributed by atoms with E-state index in [2.05, 4.69) is 36.8 Å². The standard InChI is InChI=1S/C11H15N5.C5H10O2/c1-8-6-13-10-9(8)11(15-7-14-10)16-4-2-12-3-5-16;1-5(2,3)7-4-6/h6-7,12H,2-5H2,1H3,(H,13,14,15);4H,1-3H3. The number of hydrogen-bond donors (Lipinski definition) is 2. The zero-order valence-corrected chi connectivity index (χ0v) is 14.2. The number of aryl methyl sites for hydroxylation is 1. The average Bonchev–Trinajstić information content (AvgIpc) is 2.89. The molecule has 1 saturated heterocycles. The van der Waals surface area contributed by atoms with E-state index in [4.69, 9.17) is 0 Å². The monoisotopic (exact) mass is 319 g/mol. The molecule has 0 saturated carbocycles. The van der Waals surface area contributed by atoms with Gasteiger partial charge < -0.3 is 19.9 Å². The van der Waals surface area contributed by atoms with Crippen LogP contribution in [0.5, 0.6) is 0 Å². The first kappa shape index (κ1) is 17.2. The molecule has 1 aliphatic heterocycles. The maximum absolute atomic E-state index is 9.60. The fourth-order valence-electron chi connectivity index (χ4n) is 2.36. The van der Waals surface area contributed by atoms with Gasteiger partial charge in [0.1, 0.15) is 23.4 Å². The molecule has 7 nitrogen and oxygen atoms in total. The number of H-pyrrole nitrogens is 1. The van der Waals surface area contributed by atoms with Crippen LogP contribution in [-0.4, -0.2) is 53.2 Å². The number of aromatic nitrogens is 3. The minimum absolute atomic E-state index is 0.318. The predicted octanol–water partition coefficient (Wildman–Crippen LogP) is 1.63. The van der Waals surface area contributed by atoms with Gasteiger partial charge in [-0.05, 0) is 33.3 Å². The number of nitrogens with one attached hydrogen (secondary N) is 2. The zero-order chi connectivity index (χ0) is 16.9. The van der Waals surface area contributed by atoms with Crippen LogP contribution in [0, 0.1) is 6.92 Å². The van der Waals surface area contributed by atoms with E-state index >= 15 is 0 Å². The molecular weight excluding hydrogens is 294 g/mol. The Morgan fingerprint density at radius 1 is 1.26 bits per heavy atom. The highest BCUT2D eigenvalue weighted by Crippen LogP contribution is 2.25. The summed E-state index contributed by atoms with van der Waals surface area (Å²) in [6.45, 7) is 12.1. The Labute approximate surface area is 136 Å². The molecule has 7 heteroatoms. The van der Waals surface area contributed by atoms with Gasteiger partial charge in [0.05, 0.1) is 5.39 Å². The van der Waals surface area contributed by atoms with Crippen molar-refractivity contribution in [3.8, 4) is 0 Å². The maximum Gasteiger partial charge on any atom is 0.293 e. The lowest BCUT2D eigenvalue weighted by molar-refractivity contribution is -0.138. The van der Waals surface area contributed by atoms with Crippen LogP contribution in [0.4, 0.5) is 5.82 Å². The van der Waals surface area contributed by atoms with Crippen molar-refractivity contribution >= 4 is 23.3 Å². The highest BCUT2D eigenvalue weighted by molar-refractivity contribution is 5.90. The lowest BCUT2D eigenvalue weighted by atomic mass is 10.2. The smallest absolute Gasteiger partial charge is 0.293 e. The molecule has 3 heterocycles. The summed E-state index contributed by atoms with van der Waals surface area (Å²) in [5.74, 6) is 1.06. The summed E-state index contributed by atoms with van der Waals surface area (Å²) in [4.78, 5) is 23.8. The summed E-state index contributed by atoms with van der Waals surface area (Å²) in [5.41, 5.74) is 1.83. The second kappa shape index (κ2) is 7.41. The van der Waals surface area contributed by atoms with Crippen molar-refractivity contribution in [2.24, 2.45) is 0 Å². The van der Waals surface area contributed by atoms with Gasteiger partial charge in [-0.2, -0.15) is 0 Å². The number of hydrogen-bond acceptors (Lipinski definition) is 6. The van der Waals surface area contributed by atoms with E-state index in [1.807, 2.05) is 27.0 Å². The minimum Gasteiger partial charge on any atom is -0.462 e. The van der Waals surface area contributed by atoms with E-state index in [0.717, 1.165) is 43.0 Å². The predicted molar refractivity (Wildman–Crippen MR) is 90.6 cm³/mol. The molecule has 0 bridgehead atoms. The molecule has 1 fully saturated rings. The third-order valence-corrected chi connectivity index (χ3v) is 3.47. The number of fused-ring (bicyclic) bond motifs is 1. The lowest BCUT2D eigenvalue weighted by Crippen LogP contribution is -2.44. The molecule has 0 aliphatic carbocycles. The van der Waals surface area contributed by atoms with E-state index < -0.39 is 0 Å². The summed E-state index contributed by atoms with van der Waals surface area (Å²) in [5, 5.41) is 4.50. The van der Waals surface area contributed by atoms with E-state index in [-0.39, 0.29) is 5.60 Å². The number of rotatable bonds is 2. The number of carbonyl (C=O) groups is 1. The average molecular weight is 319 g/mol. The molecule has 0 radical (unpaired) electrons. The van der Waals surface area contributed by atoms with E-state index in [0.29, 0.717) is 6.47 Å². The molecule has 0 aromatic carbocycles. The van der Waals surface area contributed by atoms with Crippen molar-refractivity contribution in [3.63, 3.8) is 0 Å². The van der Waals surface area contributed by atoms with Crippen LogP contribution in [0.15, 0.2) is 12.5 Å². The van der Waals surface area contributed by atoms with Crippen molar-refractivity contribution in [1.82, 2.24) is 20.3 Å². The highest BCUT2D eigenvalue weighted by atomic mass is 16.5. The van der Waals surface area contributed by atoms with E-state index in [9.17, 15) is 4.79 Å². The molecule has 2 aromatic heterocycles. The van der Waals surface area contributed by atoms with Gasteiger partial charge in [-0.1, -0.05) is 0 Å². The normalized spacial score (nSPS) is 15.0. The molecule has 2 N–H and O–H groups in total. The molecule has 1 aliphatic rings. The Bertz CT molecular complexity index is 641. The zero-order valence-electron chi connectivity index (χ0n) is 14.2. The fourth-order valence-corrected chi connectivity index (χ4v) is 2.36. The van der Waals surface area contributed by atoms with Gasteiger partial charge in [-0.3, -0.25) is 4.79 Å². The van der Waals surface area contributed by atoms with Gasteiger partial charge in [-0.15, -0.1) is 0 Å². The Hall–Kier alpha value is -2.15. The van der Waals surface area contributed by atoms with Crippen molar-refractivity contribution in [2.75, 3.05) is 31.1 Å². The summed E-state index contributed by atoms with van der Waals surface area (Å²) in [7, 11) is 0. The molecule has 2 aromatic rings. The summed E-state index contributed by atoms with van der Waals surface area (Å²) >= 11 is 0. The highest BCUT2D eigenvalue weighted by Gasteiger charge is 2.16. The number of aromatic amines is 1.